The molecule has 11 heteroatoms. The Bertz CT molecular complexity index is 887. The molecule has 2 N–H and O–H groups in total. The van der Waals surface area contributed by atoms with E-state index in [0.29, 0.717) is 10.7 Å². The molecule has 0 fully saturated rings. The Morgan fingerprint density at radius 1 is 1.27 bits per heavy atom. The molecule has 0 saturated carbocycles. The molecule has 140 valence electrons. The van der Waals surface area contributed by atoms with Crippen LogP contribution in [0.4, 0.5) is 5.69 Å². The summed E-state index contributed by atoms with van der Waals surface area (Å²) in [5, 5.41) is 4.49. The zero-order chi connectivity index (χ0) is 19.2. The Balaban J connectivity index is 1.72. The molecule has 0 saturated heterocycles. The van der Waals surface area contributed by atoms with Crippen LogP contribution in [-0.2, 0) is 24.3 Å². The number of esters is 1. The highest BCUT2D eigenvalue weighted by atomic mass is 79.9. The Kier molecular flexibility index (Phi) is 7.59. The van der Waals surface area contributed by atoms with E-state index < -0.39 is 28.5 Å². The third-order valence-electron chi connectivity index (χ3n) is 2.95. The van der Waals surface area contributed by atoms with E-state index in [1.807, 2.05) is 0 Å². The molecular formula is C15H14BrClN2O5S2. The number of sulfonamides is 1. The molecule has 0 bridgehead atoms. The minimum Gasteiger partial charge on any atom is -0.456 e. The fraction of sp³-hybridized carbons (Fsp3) is 0.200. The van der Waals surface area contributed by atoms with Crippen LogP contribution in [0.15, 0.2) is 44.4 Å². The predicted octanol–water partition coefficient (Wildman–Crippen LogP) is 3.01. The molecule has 0 aliphatic carbocycles. The third-order valence-corrected chi connectivity index (χ3v) is 6.62. The standard InChI is InChI=1S/C15H14BrClN2O5S2/c16-10-3-4-12(11(17)8-10)19-13(20)9-24-14(21)5-6-18-26(22,23)15-2-1-7-25-15/h1-4,7-8,18H,5-6,9H2,(H,19,20). The first-order valence-electron chi connectivity index (χ1n) is 7.21. The SMILES string of the molecule is O=C(COC(=O)CCNS(=O)(=O)c1cccs1)Nc1ccc(Br)cc1Cl. The summed E-state index contributed by atoms with van der Waals surface area (Å²) in [6, 6.07) is 7.99. The molecule has 2 aromatic rings. The van der Waals surface area contributed by atoms with Gasteiger partial charge in [0.05, 0.1) is 17.1 Å². The number of halogens is 2. The summed E-state index contributed by atoms with van der Waals surface area (Å²) in [5.74, 6) is -1.25. The number of thiophene rings is 1. The van der Waals surface area contributed by atoms with Crippen molar-refractivity contribution in [3.05, 3.63) is 45.2 Å². The number of benzene rings is 1. The van der Waals surface area contributed by atoms with Gasteiger partial charge in [-0.2, -0.15) is 0 Å². The van der Waals surface area contributed by atoms with Gasteiger partial charge in [-0.3, -0.25) is 9.59 Å². The van der Waals surface area contributed by atoms with E-state index in [9.17, 15) is 18.0 Å². The first-order chi connectivity index (χ1) is 12.3. The molecule has 7 nitrogen and oxygen atoms in total. The van der Waals surface area contributed by atoms with Gasteiger partial charge in [0.1, 0.15) is 4.21 Å². The first-order valence-corrected chi connectivity index (χ1v) is 10.7. The number of rotatable bonds is 8. The summed E-state index contributed by atoms with van der Waals surface area (Å²) in [5.41, 5.74) is 0.389. The number of amides is 1. The van der Waals surface area contributed by atoms with Crippen LogP contribution in [0, 0.1) is 0 Å². The molecular weight excluding hydrogens is 468 g/mol. The van der Waals surface area contributed by atoms with Crippen molar-refractivity contribution in [2.45, 2.75) is 10.6 Å². The van der Waals surface area contributed by atoms with Gasteiger partial charge in [0.15, 0.2) is 6.61 Å². The zero-order valence-corrected chi connectivity index (χ0v) is 17.2. The van der Waals surface area contributed by atoms with E-state index in [0.717, 1.165) is 15.8 Å². The maximum Gasteiger partial charge on any atom is 0.307 e. The lowest BCUT2D eigenvalue weighted by Gasteiger charge is -2.08. The van der Waals surface area contributed by atoms with Gasteiger partial charge in [-0.1, -0.05) is 33.6 Å². The van der Waals surface area contributed by atoms with Crippen LogP contribution in [0.5, 0.6) is 0 Å². The number of nitrogens with one attached hydrogen (secondary N) is 2. The number of carbonyl (C=O) groups is 2. The summed E-state index contributed by atoms with van der Waals surface area (Å²) >= 11 is 10.3. The van der Waals surface area contributed by atoms with Crippen LogP contribution in [-0.4, -0.2) is 33.4 Å². The van der Waals surface area contributed by atoms with Crippen molar-refractivity contribution in [3.8, 4) is 0 Å². The lowest BCUT2D eigenvalue weighted by molar-refractivity contribution is -0.147. The van der Waals surface area contributed by atoms with Gasteiger partial charge in [-0.05, 0) is 29.6 Å². The summed E-state index contributed by atoms with van der Waals surface area (Å²) in [4.78, 5) is 23.4. The summed E-state index contributed by atoms with van der Waals surface area (Å²) < 4.78 is 31.8. The molecule has 2 rings (SSSR count). The van der Waals surface area contributed by atoms with Crippen LogP contribution in [0.25, 0.3) is 0 Å². The minimum atomic E-state index is -3.63. The van der Waals surface area contributed by atoms with Gasteiger partial charge in [-0.15, -0.1) is 11.3 Å². The second-order valence-corrected chi connectivity index (χ2v) is 9.18. The van der Waals surface area contributed by atoms with Crippen molar-refractivity contribution in [1.82, 2.24) is 4.72 Å². The Labute approximate surface area is 167 Å². The van der Waals surface area contributed by atoms with Crippen LogP contribution in [0.3, 0.4) is 0 Å². The number of ether oxygens (including phenoxy) is 1. The van der Waals surface area contributed by atoms with Crippen LogP contribution >= 0.6 is 38.9 Å². The van der Waals surface area contributed by atoms with Gasteiger partial charge >= 0.3 is 5.97 Å². The van der Waals surface area contributed by atoms with Crippen molar-refractivity contribution in [3.63, 3.8) is 0 Å². The summed E-state index contributed by atoms with van der Waals surface area (Å²) in [7, 11) is -3.63. The van der Waals surface area contributed by atoms with E-state index in [-0.39, 0.29) is 17.2 Å². The fourth-order valence-corrected chi connectivity index (χ4v) is 4.56. The molecule has 0 aliphatic heterocycles. The maximum absolute atomic E-state index is 11.9. The molecule has 0 radical (unpaired) electrons. The first kappa shape index (κ1) is 20.8. The minimum absolute atomic E-state index is 0.126. The maximum atomic E-state index is 11.9. The largest absolute Gasteiger partial charge is 0.456 e. The predicted molar refractivity (Wildman–Crippen MR) is 103 cm³/mol. The Morgan fingerprint density at radius 3 is 2.69 bits per heavy atom. The monoisotopic (exact) mass is 480 g/mol. The van der Waals surface area contributed by atoms with Crippen molar-refractivity contribution in [2.24, 2.45) is 0 Å². The molecule has 0 atom stereocenters. The number of carbonyl (C=O) groups excluding carboxylic acids is 2. The molecule has 1 heterocycles. The van der Waals surface area contributed by atoms with E-state index >= 15 is 0 Å². The van der Waals surface area contributed by atoms with E-state index in [1.54, 1.807) is 29.6 Å². The van der Waals surface area contributed by atoms with Crippen LogP contribution in [0.2, 0.25) is 5.02 Å². The van der Waals surface area contributed by atoms with Crippen LogP contribution < -0.4 is 10.0 Å². The molecule has 0 aliphatic rings. The number of hydrogen-bond donors (Lipinski definition) is 2. The summed E-state index contributed by atoms with van der Waals surface area (Å²) in [6.07, 6.45) is -0.197. The number of anilines is 1. The van der Waals surface area contributed by atoms with Crippen LogP contribution in [0.1, 0.15) is 6.42 Å². The molecule has 1 amide bonds. The third kappa shape index (κ3) is 6.36. The average molecular weight is 482 g/mol. The van der Waals surface area contributed by atoms with Crippen molar-refractivity contribution in [1.29, 1.82) is 0 Å². The molecule has 1 aromatic carbocycles. The fourth-order valence-electron chi connectivity index (χ4n) is 1.77. The van der Waals surface area contributed by atoms with E-state index in [4.69, 9.17) is 16.3 Å². The van der Waals surface area contributed by atoms with Gasteiger partial charge < -0.3 is 10.1 Å². The molecule has 1 aromatic heterocycles. The van der Waals surface area contributed by atoms with Crippen molar-refractivity contribution < 1.29 is 22.7 Å². The Hall–Kier alpha value is -1.46. The van der Waals surface area contributed by atoms with Gasteiger partial charge in [0.25, 0.3) is 5.91 Å². The number of hydrogen-bond acceptors (Lipinski definition) is 6. The molecule has 0 unspecified atom stereocenters. The topological polar surface area (TPSA) is 102 Å². The second-order valence-electron chi connectivity index (χ2n) is 4.91. The highest BCUT2D eigenvalue weighted by molar-refractivity contribution is 9.10. The van der Waals surface area contributed by atoms with Gasteiger partial charge in [-0.25, -0.2) is 13.1 Å². The quantitative estimate of drug-likeness (QED) is 0.564. The highest BCUT2D eigenvalue weighted by Gasteiger charge is 2.16. The zero-order valence-electron chi connectivity index (χ0n) is 13.2. The van der Waals surface area contributed by atoms with E-state index in [2.05, 4.69) is 26.0 Å². The normalized spacial score (nSPS) is 11.2. The van der Waals surface area contributed by atoms with E-state index in [1.165, 1.54) is 6.07 Å². The summed E-state index contributed by atoms with van der Waals surface area (Å²) in [6.45, 7) is -0.623. The highest BCUT2D eigenvalue weighted by Crippen LogP contribution is 2.25. The lowest BCUT2D eigenvalue weighted by Crippen LogP contribution is -2.27. The van der Waals surface area contributed by atoms with Gasteiger partial charge in [0.2, 0.25) is 10.0 Å². The molecule has 0 spiro atoms. The van der Waals surface area contributed by atoms with Crippen molar-refractivity contribution in [2.75, 3.05) is 18.5 Å². The second kappa shape index (κ2) is 9.47. The Morgan fingerprint density at radius 2 is 2.04 bits per heavy atom. The average Bonchev–Trinajstić information content (AvgIpc) is 3.11. The van der Waals surface area contributed by atoms with Crippen molar-refractivity contribution >= 4 is 66.5 Å². The smallest absolute Gasteiger partial charge is 0.307 e. The molecule has 26 heavy (non-hydrogen) atoms. The lowest BCUT2D eigenvalue weighted by atomic mass is 10.3. The van der Waals surface area contributed by atoms with Gasteiger partial charge in [0, 0.05) is 11.0 Å².